The smallest absolute Gasteiger partial charge is 0.280 e. The normalized spacial score (nSPS) is 11.6. The van der Waals surface area contributed by atoms with E-state index in [0.29, 0.717) is 6.54 Å². The second-order valence-corrected chi connectivity index (χ2v) is 6.88. The molecular formula is C10H8BrClN2O2S. The number of hydrogen-bond donors (Lipinski definition) is 0. The number of imidazole rings is 1. The molecule has 0 spiro atoms. The van der Waals surface area contributed by atoms with E-state index in [1.54, 1.807) is 4.57 Å². The van der Waals surface area contributed by atoms with Gasteiger partial charge in [0.25, 0.3) is 9.05 Å². The molecule has 2 aromatic rings. The molecule has 0 saturated carbocycles. The first-order chi connectivity index (χ1) is 7.95. The summed E-state index contributed by atoms with van der Waals surface area (Å²) in [5.41, 5.74) is 1.04. The van der Waals surface area contributed by atoms with E-state index in [-0.39, 0.29) is 5.03 Å². The van der Waals surface area contributed by atoms with Crippen molar-refractivity contribution in [2.24, 2.45) is 0 Å². The average molecular weight is 336 g/mol. The largest absolute Gasteiger partial charge is 0.332 e. The summed E-state index contributed by atoms with van der Waals surface area (Å²) in [5.74, 6) is 0. The molecule has 0 aliphatic rings. The molecular weight excluding hydrogens is 328 g/mol. The van der Waals surface area contributed by atoms with E-state index in [1.165, 1.54) is 12.5 Å². The Morgan fingerprint density at radius 1 is 1.41 bits per heavy atom. The first-order valence-corrected chi connectivity index (χ1v) is 7.76. The molecule has 17 heavy (non-hydrogen) atoms. The summed E-state index contributed by atoms with van der Waals surface area (Å²) in [6, 6.07) is 7.73. The van der Waals surface area contributed by atoms with Crippen LogP contribution in [0.2, 0.25) is 0 Å². The fourth-order valence-corrected chi connectivity index (χ4v) is 2.52. The quantitative estimate of drug-likeness (QED) is 0.810. The predicted octanol–water partition coefficient (Wildman–Crippen LogP) is 2.62. The maximum absolute atomic E-state index is 11.0. The van der Waals surface area contributed by atoms with Crippen LogP contribution in [0.25, 0.3) is 0 Å². The number of benzene rings is 1. The van der Waals surface area contributed by atoms with Crippen molar-refractivity contribution in [2.45, 2.75) is 11.6 Å². The van der Waals surface area contributed by atoms with Gasteiger partial charge in [-0.1, -0.05) is 28.1 Å². The van der Waals surface area contributed by atoms with Crippen molar-refractivity contribution in [3.05, 3.63) is 46.8 Å². The Hall–Kier alpha value is -0.850. The van der Waals surface area contributed by atoms with Crippen LogP contribution in [-0.4, -0.2) is 18.0 Å². The van der Waals surface area contributed by atoms with Crippen LogP contribution in [0.3, 0.4) is 0 Å². The Morgan fingerprint density at radius 2 is 2.18 bits per heavy atom. The van der Waals surface area contributed by atoms with E-state index < -0.39 is 9.05 Å². The van der Waals surface area contributed by atoms with E-state index in [4.69, 9.17) is 10.7 Å². The van der Waals surface area contributed by atoms with Crippen molar-refractivity contribution in [2.75, 3.05) is 0 Å². The average Bonchev–Trinajstić information content (AvgIpc) is 2.65. The van der Waals surface area contributed by atoms with Crippen LogP contribution in [0, 0.1) is 0 Å². The second-order valence-electron chi connectivity index (χ2n) is 3.45. The van der Waals surface area contributed by atoms with Gasteiger partial charge in [-0.25, -0.2) is 13.4 Å². The molecule has 0 radical (unpaired) electrons. The Morgan fingerprint density at radius 3 is 2.76 bits per heavy atom. The van der Waals surface area contributed by atoms with Gasteiger partial charge in [0, 0.05) is 27.9 Å². The Labute approximate surface area is 112 Å². The minimum absolute atomic E-state index is 0.130. The van der Waals surface area contributed by atoms with Crippen molar-refractivity contribution >= 4 is 35.7 Å². The molecule has 1 heterocycles. The van der Waals surface area contributed by atoms with Crippen molar-refractivity contribution in [3.8, 4) is 0 Å². The van der Waals surface area contributed by atoms with Crippen LogP contribution in [0.15, 0.2) is 46.3 Å². The van der Waals surface area contributed by atoms with Crippen molar-refractivity contribution in [1.82, 2.24) is 9.55 Å². The summed E-state index contributed by atoms with van der Waals surface area (Å²) in [4.78, 5) is 3.74. The zero-order valence-corrected chi connectivity index (χ0v) is 11.7. The molecule has 90 valence electrons. The summed E-state index contributed by atoms with van der Waals surface area (Å²) < 4.78 is 24.7. The SMILES string of the molecule is O=S(=O)(Cl)c1cn(Cc2cccc(Br)c2)cn1. The van der Waals surface area contributed by atoms with Crippen LogP contribution in [0.1, 0.15) is 5.56 Å². The Balaban J connectivity index is 2.23. The minimum Gasteiger partial charge on any atom is -0.332 e. The van der Waals surface area contributed by atoms with Gasteiger partial charge in [-0.15, -0.1) is 0 Å². The molecule has 0 saturated heterocycles. The second kappa shape index (κ2) is 4.80. The highest BCUT2D eigenvalue weighted by Crippen LogP contribution is 2.15. The van der Waals surface area contributed by atoms with Crippen LogP contribution in [0.5, 0.6) is 0 Å². The van der Waals surface area contributed by atoms with E-state index >= 15 is 0 Å². The molecule has 7 heteroatoms. The molecule has 0 atom stereocenters. The van der Waals surface area contributed by atoms with Crippen LogP contribution in [-0.2, 0) is 15.6 Å². The van der Waals surface area contributed by atoms with Gasteiger partial charge >= 0.3 is 0 Å². The zero-order valence-electron chi connectivity index (χ0n) is 8.55. The van der Waals surface area contributed by atoms with Crippen LogP contribution in [0.4, 0.5) is 0 Å². The molecule has 0 bridgehead atoms. The lowest BCUT2D eigenvalue weighted by molar-refractivity contribution is 0.606. The summed E-state index contributed by atoms with van der Waals surface area (Å²) in [6.07, 6.45) is 2.85. The van der Waals surface area contributed by atoms with E-state index in [2.05, 4.69) is 20.9 Å². The van der Waals surface area contributed by atoms with Crippen LogP contribution >= 0.6 is 26.6 Å². The van der Waals surface area contributed by atoms with Gasteiger partial charge in [-0.05, 0) is 17.7 Å². The highest BCUT2D eigenvalue weighted by atomic mass is 79.9. The summed E-state index contributed by atoms with van der Waals surface area (Å²) in [5, 5.41) is -0.130. The molecule has 1 aromatic heterocycles. The lowest BCUT2D eigenvalue weighted by Crippen LogP contribution is -1.96. The van der Waals surface area contributed by atoms with Gasteiger partial charge in [0.05, 0.1) is 6.33 Å². The van der Waals surface area contributed by atoms with Gasteiger partial charge < -0.3 is 4.57 Å². The molecule has 0 unspecified atom stereocenters. The van der Waals surface area contributed by atoms with E-state index in [9.17, 15) is 8.42 Å². The van der Waals surface area contributed by atoms with Gasteiger partial charge in [0.15, 0.2) is 5.03 Å². The number of hydrogen-bond acceptors (Lipinski definition) is 3. The standard InChI is InChI=1S/C10H8BrClN2O2S/c11-9-3-1-2-8(4-9)5-14-6-10(13-7-14)17(12,15)16/h1-4,6-7H,5H2. The lowest BCUT2D eigenvalue weighted by atomic mass is 10.2. The third kappa shape index (κ3) is 3.31. The highest BCUT2D eigenvalue weighted by Gasteiger charge is 2.13. The summed E-state index contributed by atoms with van der Waals surface area (Å²) in [7, 11) is 1.44. The molecule has 0 aliphatic heterocycles. The fraction of sp³-hybridized carbons (Fsp3) is 0.100. The van der Waals surface area contributed by atoms with E-state index in [1.807, 2.05) is 24.3 Å². The monoisotopic (exact) mass is 334 g/mol. The van der Waals surface area contributed by atoms with Gasteiger partial charge in [0.2, 0.25) is 0 Å². The number of nitrogens with zero attached hydrogens (tertiary/aromatic N) is 2. The van der Waals surface area contributed by atoms with Gasteiger partial charge in [0.1, 0.15) is 0 Å². The van der Waals surface area contributed by atoms with Crippen molar-refractivity contribution in [1.29, 1.82) is 0 Å². The van der Waals surface area contributed by atoms with E-state index in [0.717, 1.165) is 10.0 Å². The summed E-state index contributed by atoms with van der Waals surface area (Å²) in [6.45, 7) is 0.541. The predicted molar refractivity (Wildman–Crippen MR) is 68.5 cm³/mol. The highest BCUT2D eigenvalue weighted by molar-refractivity contribution is 9.10. The van der Waals surface area contributed by atoms with Crippen LogP contribution < -0.4 is 0 Å². The number of halogens is 2. The fourth-order valence-electron chi connectivity index (χ4n) is 1.40. The number of rotatable bonds is 3. The summed E-state index contributed by atoms with van der Waals surface area (Å²) >= 11 is 3.37. The maximum atomic E-state index is 11.0. The third-order valence-electron chi connectivity index (χ3n) is 2.11. The van der Waals surface area contributed by atoms with Crippen molar-refractivity contribution < 1.29 is 8.42 Å². The molecule has 4 nitrogen and oxygen atoms in total. The zero-order chi connectivity index (χ0) is 12.5. The minimum atomic E-state index is -3.75. The lowest BCUT2D eigenvalue weighted by Gasteiger charge is -2.02. The van der Waals surface area contributed by atoms with Gasteiger partial charge in [-0.2, -0.15) is 0 Å². The van der Waals surface area contributed by atoms with Crippen molar-refractivity contribution in [3.63, 3.8) is 0 Å². The molecule has 0 N–H and O–H groups in total. The molecule has 0 amide bonds. The topological polar surface area (TPSA) is 52.0 Å². The molecule has 1 aromatic carbocycles. The first kappa shape index (κ1) is 12.6. The molecule has 2 rings (SSSR count). The first-order valence-electron chi connectivity index (χ1n) is 4.66. The third-order valence-corrected chi connectivity index (χ3v) is 3.79. The molecule has 0 fully saturated rings. The van der Waals surface area contributed by atoms with Gasteiger partial charge in [-0.3, -0.25) is 0 Å². The Bertz CT molecular complexity index is 639. The Kier molecular flexibility index (Phi) is 3.56. The maximum Gasteiger partial charge on any atom is 0.280 e. The molecule has 0 aliphatic carbocycles. The number of aromatic nitrogens is 2.